The Morgan fingerprint density at radius 2 is 2.08 bits per heavy atom. The molecule has 1 heterocycles. The highest BCUT2D eigenvalue weighted by Gasteiger charge is 2.28. The first-order chi connectivity index (χ1) is 11.9. The summed E-state index contributed by atoms with van der Waals surface area (Å²) < 4.78 is 41.3. The van der Waals surface area contributed by atoms with E-state index in [9.17, 15) is 18.0 Å². The van der Waals surface area contributed by atoms with Crippen molar-refractivity contribution in [2.45, 2.75) is 25.6 Å². The number of alkyl halides is 3. The zero-order valence-electron chi connectivity index (χ0n) is 13.8. The maximum atomic E-state index is 12.2. The summed E-state index contributed by atoms with van der Waals surface area (Å²) in [5, 5.41) is 2.84. The third kappa shape index (κ3) is 6.67. The van der Waals surface area contributed by atoms with Crippen LogP contribution in [0.15, 0.2) is 24.3 Å². The molecule has 25 heavy (non-hydrogen) atoms. The van der Waals surface area contributed by atoms with Gasteiger partial charge in [-0.1, -0.05) is 18.1 Å². The van der Waals surface area contributed by atoms with Crippen LogP contribution in [0.4, 0.5) is 13.2 Å². The van der Waals surface area contributed by atoms with Crippen LogP contribution in [0.5, 0.6) is 5.75 Å². The van der Waals surface area contributed by atoms with Gasteiger partial charge >= 0.3 is 6.18 Å². The lowest BCUT2D eigenvalue weighted by Crippen LogP contribution is -2.40. The van der Waals surface area contributed by atoms with Gasteiger partial charge in [0.15, 0.2) is 6.61 Å². The highest BCUT2D eigenvalue weighted by atomic mass is 19.4. The first kappa shape index (κ1) is 19.1. The van der Waals surface area contributed by atoms with E-state index >= 15 is 0 Å². The standard InChI is InChI=1S/C18H21F3N2O2/c1-2-8-23-9-6-15(7-10-23)17(24)22-12-14-4-3-5-16(11-14)25-13-18(19,20)21/h1,3-5,11,15H,6-10,12-13H2,(H,22,24). The quantitative estimate of drug-likeness (QED) is 0.799. The number of benzene rings is 1. The van der Waals surface area contributed by atoms with E-state index in [0.717, 1.165) is 25.9 Å². The average Bonchev–Trinajstić information content (AvgIpc) is 2.59. The number of terminal acetylenes is 1. The molecule has 4 nitrogen and oxygen atoms in total. The molecule has 0 unspecified atom stereocenters. The number of carbonyl (C=O) groups is 1. The van der Waals surface area contributed by atoms with Gasteiger partial charge in [-0.25, -0.2) is 0 Å². The topological polar surface area (TPSA) is 41.6 Å². The van der Waals surface area contributed by atoms with Gasteiger partial charge in [0.25, 0.3) is 0 Å². The van der Waals surface area contributed by atoms with E-state index in [4.69, 9.17) is 11.2 Å². The first-order valence-corrected chi connectivity index (χ1v) is 8.09. The molecule has 1 fully saturated rings. The third-order valence-corrected chi connectivity index (χ3v) is 4.04. The van der Waals surface area contributed by atoms with Crippen molar-refractivity contribution in [2.24, 2.45) is 5.92 Å². The summed E-state index contributed by atoms with van der Waals surface area (Å²) >= 11 is 0. The Morgan fingerprint density at radius 3 is 2.72 bits per heavy atom. The van der Waals surface area contributed by atoms with Gasteiger partial charge in [-0.05, 0) is 43.6 Å². The molecule has 136 valence electrons. The molecule has 0 atom stereocenters. The fourth-order valence-electron chi connectivity index (χ4n) is 2.73. The molecule has 1 aliphatic heterocycles. The van der Waals surface area contributed by atoms with Crippen molar-refractivity contribution in [3.05, 3.63) is 29.8 Å². The summed E-state index contributed by atoms with van der Waals surface area (Å²) in [5.74, 6) is 2.63. The summed E-state index contributed by atoms with van der Waals surface area (Å²) in [7, 11) is 0. The van der Waals surface area contributed by atoms with E-state index in [-0.39, 0.29) is 24.1 Å². The number of amides is 1. The number of likely N-dealkylation sites (tertiary alicyclic amines) is 1. The van der Waals surface area contributed by atoms with Crippen LogP contribution in [0.3, 0.4) is 0 Å². The number of hydrogen-bond acceptors (Lipinski definition) is 3. The molecule has 1 amide bonds. The van der Waals surface area contributed by atoms with E-state index in [2.05, 4.69) is 16.1 Å². The first-order valence-electron chi connectivity index (χ1n) is 8.09. The molecular formula is C18H21F3N2O2. The van der Waals surface area contributed by atoms with E-state index < -0.39 is 12.8 Å². The van der Waals surface area contributed by atoms with Crippen LogP contribution in [0.25, 0.3) is 0 Å². The minimum Gasteiger partial charge on any atom is -0.484 e. The van der Waals surface area contributed by atoms with E-state index in [1.165, 1.54) is 12.1 Å². The number of rotatable bonds is 6. The van der Waals surface area contributed by atoms with Crippen LogP contribution in [0.1, 0.15) is 18.4 Å². The molecule has 2 rings (SSSR count). The van der Waals surface area contributed by atoms with Gasteiger partial charge < -0.3 is 10.1 Å². The largest absolute Gasteiger partial charge is 0.484 e. The predicted octanol–water partition coefficient (Wildman–Crippen LogP) is 2.59. The van der Waals surface area contributed by atoms with Crippen LogP contribution in [-0.4, -0.2) is 43.2 Å². The fourth-order valence-corrected chi connectivity index (χ4v) is 2.73. The summed E-state index contributed by atoms with van der Waals surface area (Å²) in [6.07, 6.45) is 2.41. The predicted molar refractivity (Wildman–Crippen MR) is 87.8 cm³/mol. The second-order valence-electron chi connectivity index (χ2n) is 6.02. The fraction of sp³-hybridized carbons (Fsp3) is 0.500. The van der Waals surface area contributed by atoms with Crippen LogP contribution < -0.4 is 10.1 Å². The molecule has 1 aromatic carbocycles. The Kier molecular flexibility index (Phi) is 6.71. The maximum Gasteiger partial charge on any atom is 0.422 e. The Hall–Kier alpha value is -2.20. The van der Waals surface area contributed by atoms with Gasteiger partial charge in [0, 0.05) is 12.5 Å². The van der Waals surface area contributed by atoms with Crippen LogP contribution in [0.2, 0.25) is 0 Å². The highest BCUT2D eigenvalue weighted by Crippen LogP contribution is 2.20. The molecule has 0 radical (unpaired) electrons. The van der Waals surface area contributed by atoms with Crippen LogP contribution >= 0.6 is 0 Å². The Balaban J connectivity index is 1.79. The normalized spacial score (nSPS) is 16.2. The zero-order valence-corrected chi connectivity index (χ0v) is 13.8. The number of nitrogens with zero attached hydrogens (tertiary/aromatic N) is 1. The summed E-state index contributed by atoms with van der Waals surface area (Å²) in [6, 6.07) is 6.29. The van der Waals surface area contributed by atoms with Crippen LogP contribution in [0, 0.1) is 18.3 Å². The molecule has 0 aliphatic carbocycles. The van der Waals surface area contributed by atoms with Gasteiger partial charge in [0.2, 0.25) is 5.91 Å². The van der Waals surface area contributed by atoms with E-state index in [1.807, 2.05) is 0 Å². The molecule has 0 aromatic heterocycles. The molecule has 1 N–H and O–H groups in total. The lowest BCUT2D eigenvalue weighted by atomic mass is 9.96. The van der Waals surface area contributed by atoms with Crippen molar-refractivity contribution in [1.82, 2.24) is 10.2 Å². The second-order valence-corrected chi connectivity index (χ2v) is 6.02. The monoisotopic (exact) mass is 354 g/mol. The Morgan fingerprint density at radius 1 is 1.36 bits per heavy atom. The molecule has 1 aliphatic rings. The lowest BCUT2D eigenvalue weighted by Gasteiger charge is -2.29. The Bertz CT molecular complexity index is 617. The number of ether oxygens (including phenoxy) is 1. The lowest BCUT2D eigenvalue weighted by molar-refractivity contribution is -0.153. The molecule has 1 saturated heterocycles. The van der Waals surface area contributed by atoms with Crippen molar-refractivity contribution in [2.75, 3.05) is 26.2 Å². The number of halogens is 3. The maximum absolute atomic E-state index is 12.2. The van der Waals surface area contributed by atoms with Crippen molar-refractivity contribution in [3.8, 4) is 18.1 Å². The molecule has 0 spiro atoms. The molecule has 0 bridgehead atoms. The van der Waals surface area contributed by atoms with Gasteiger partial charge in [-0.2, -0.15) is 13.2 Å². The minimum absolute atomic E-state index is 0.0398. The highest BCUT2D eigenvalue weighted by molar-refractivity contribution is 5.78. The summed E-state index contributed by atoms with van der Waals surface area (Å²) in [5.41, 5.74) is 0.692. The molecule has 0 saturated carbocycles. The minimum atomic E-state index is -4.38. The smallest absolute Gasteiger partial charge is 0.422 e. The Labute approximate surface area is 145 Å². The number of carbonyl (C=O) groups excluding carboxylic acids is 1. The summed E-state index contributed by atoms with van der Waals surface area (Å²) in [4.78, 5) is 14.4. The summed E-state index contributed by atoms with van der Waals surface area (Å²) in [6.45, 7) is 1.11. The van der Waals surface area contributed by atoms with Gasteiger partial charge in [-0.3, -0.25) is 9.69 Å². The second kappa shape index (κ2) is 8.77. The van der Waals surface area contributed by atoms with Gasteiger partial charge in [-0.15, -0.1) is 6.42 Å². The van der Waals surface area contributed by atoms with Crippen LogP contribution in [-0.2, 0) is 11.3 Å². The average molecular weight is 354 g/mol. The zero-order chi connectivity index (χ0) is 18.3. The van der Waals surface area contributed by atoms with Crippen molar-refractivity contribution < 1.29 is 22.7 Å². The van der Waals surface area contributed by atoms with Gasteiger partial charge in [0.05, 0.1) is 6.54 Å². The molecule has 1 aromatic rings. The van der Waals surface area contributed by atoms with Crippen molar-refractivity contribution in [1.29, 1.82) is 0 Å². The molecule has 7 heteroatoms. The van der Waals surface area contributed by atoms with E-state index in [1.54, 1.807) is 12.1 Å². The number of nitrogens with one attached hydrogen (secondary N) is 1. The van der Waals surface area contributed by atoms with E-state index in [0.29, 0.717) is 12.1 Å². The van der Waals surface area contributed by atoms with Crippen molar-refractivity contribution >= 4 is 5.91 Å². The van der Waals surface area contributed by atoms with Gasteiger partial charge in [0.1, 0.15) is 5.75 Å². The number of hydrogen-bond donors (Lipinski definition) is 1. The number of piperidine rings is 1. The third-order valence-electron chi connectivity index (χ3n) is 4.04. The SMILES string of the molecule is C#CCN1CCC(C(=O)NCc2cccc(OCC(F)(F)F)c2)CC1. The van der Waals surface area contributed by atoms with Crippen molar-refractivity contribution in [3.63, 3.8) is 0 Å². The molecular weight excluding hydrogens is 333 g/mol.